The minimum Gasteiger partial charge on any atom is -0.484 e. The topological polar surface area (TPSA) is 125 Å². The predicted molar refractivity (Wildman–Crippen MR) is 141 cm³/mol. The maximum absolute atomic E-state index is 12.9. The third-order valence-electron chi connectivity index (χ3n) is 5.44. The first-order valence-electron chi connectivity index (χ1n) is 11.4. The molecule has 3 aromatic rings. The Hall–Kier alpha value is -4.86. The highest BCUT2D eigenvalue weighted by Crippen LogP contribution is 2.19. The number of benzene rings is 3. The van der Waals surface area contributed by atoms with Crippen LogP contribution in [-0.4, -0.2) is 62.4 Å². The van der Waals surface area contributed by atoms with Gasteiger partial charge in [0.15, 0.2) is 6.61 Å². The highest BCUT2D eigenvalue weighted by molar-refractivity contribution is 5.99. The molecule has 10 heteroatoms. The van der Waals surface area contributed by atoms with E-state index >= 15 is 0 Å². The minimum absolute atomic E-state index is 0.211. The Morgan fingerprint density at radius 2 is 1.32 bits per heavy atom. The number of amides is 5. The lowest BCUT2D eigenvalue weighted by molar-refractivity contribution is -0.121. The number of nitrogens with one attached hydrogen (secondary N) is 1. The van der Waals surface area contributed by atoms with E-state index in [1.54, 1.807) is 56.6 Å². The van der Waals surface area contributed by atoms with Crippen molar-refractivity contribution in [3.8, 4) is 5.75 Å². The zero-order valence-electron chi connectivity index (χ0n) is 20.7. The Bertz CT molecular complexity index is 1240. The monoisotopic (exact) mass is 503 g/mol. The predicted octanol–water partition coefficient (Wildman–Crippen LogP) is 2.71. The first kappa shape index (κ1) is 26.7. The van der Waals surface area contributed by atoms with Gasteiger partial charge in [0.2, 0.25) is 11.8 Å². The van der Waals surface area contributed by atoms with Gasteiger partial charge in [-0.3, -0.25) is 14.4 Å². The van der Waals surface area contributed by atoms with Gasteiger partial charge in [-0.15, -0.1) is 0 Å². The van der Waals surface area contributed by atoms with Gasteiger partial charge in [-0.25, -0.2) is 4.79 Å². The van der Waals surface area contributed by atoms with Crippen molar-refractivity contribution >= 4 is 40.8 Å². The van der Waals surface area contributed by atoms with Crippen LogP contribution in [0.1, 0.15) is 0 Å². The normalized spacial score (nSPS) is 10.2. The Kier molecular flexibility index (Phi) is 9.20. The summed E-state index contributed by atoms with van der Waals surface area (Å²) < 4.78 is 5.61. The highest BCUT2D eigenvalue weighted by Gasteiger charge is 2.22. The van der Waals surface area contributed by atoms with Crippen LogP contribution in [0.3, 0.4) is 0 Å². The van der Waals surface area contributed by atoms with Gasteiger partial charge in [0, 0.05) is 37.2 Å². The molecule has 192 valence electrons. The zero-order valence-corrected chi connectivity index (χ0v) is 20.7. The molecule has 0 radical (unpaired) electrons. The number of carbonyl (C=O) groups excluding carboxylic acids is 4. The van der Waals surface area contributed by atoms with Crippen molar-refractivity contribution in [2.75, 3.05) is 48.9 Å². The number of ether oxygens (including phenoxy) is 1. The number of carbonyl (C=O) groups is 4. The molecular formula is C27H29N5O5. The number of rotatable bonds is 10. The zero-order chi connectivity index (χ0) is 26.8. The van der Waals surface area contributed by atoms with E-state index in [9.17, 15) is 19.2 Å². The standard InChI is InChI=1S/C27H29N5O5/c1-30(21-11-5-3-6-12-21)25(34)18-32(17-24(28)33)27(36)29-20-10-9-15-23(16-20)37-19-26(35)31(2)22-13-7-4-8-14-22/h3-16H,17-19H2,1-2H3,(H2,28,33)(H,29,36). The number of nitrogens with zero attached hydrogens (tertiary/aromatic N) is 3. The van der Waals surface area contributed by atoms with Gasteiger partial charge in [-0.05, 0) is 36.4 Å². The number of hydrogen-bond acceptors (Lipinski definition) is 5. The number of nitrogens with two attached hydrogens (primary N) is 1. The molecule has 10 nitrogen and oxygen atoms in total. The van der Waals surface area contributed by atoms with E-state index < -0.39 is 24.4 Å². The molecule has 0 aliphatic heterocycles. The Morgan fingerprint density at radius 1 is 0.757 bits per heavy atom. The second-order valence-corrected chi connectivity index (χ2v) is 8.15. The fourth-order valence-corrected chi connectivity index (χ4v) is 3.36. The van der Waals surface area contributed by atoms with Crippen LogP contribution in [0.2, 0.25) is 0 Å². The van der Waals surface area contributed by atoms with E-state index in [0.29, 0.717) is 17.1 Å². The molecule has 3 N–H and O–H groups in total. The van der Waals surface area contributed by atoms with Crippen molar-refractivity contribution in [3.63, 3.8) is 0 Å². The molecule has 3 rings (SSSR count). The summed E-state index contributed by atoms with van der Waals surface area (Å²) in [6.45, 7) is -1.02. The van der Waals surface area contributed by atoms with Crippen molar-refractivity contribution < 1.29 is 23.9 Å². The molecule has 0 spiro atoms. The van der Waals surface area contributed by atoms with Crippen LogP contribution in [0.25, 0.3) is 0 Å². The van der Waals surface area contributed by atoms with E-state index in [4.69, 9.17) is 10.5 Å². The first-order valence-corrected chi connectivity index (χ1v) is 11.4. The van der Waals surface area contributed by atoms with Crippen LogP contribution in [-0.2, 0) is 14.4 Å². The van der Waals surface area contributed by atoms with Gasteiger partial charge in [0.05, 0.1) is 0 Å². The van der Waals surface area contributed by atoms with Crippen molar-refractivity contribution in [2.24, 2.45) is 5.73 Å². The van der Waals surface area contributed by atoms with E-state index in [1.807, 2.05) is 36.4 Å². The summed E-state index contributed by atoms with van der Waals surface area (Å²) >= 11 is 0. The Morgan fingerprint density at radius 3 is 1.89 bits per heavy atom. The van der Waals surface area contributed by atoms with Crippen molar-refractivity contribution in [1.29, 1.82) is 0 Å². The fraction of sp³-hybridized carbons (Fsp3) is 0.185. The lowest BCUT2D eigenvalue weighted by Crippen LogP contribution is -2.46. The number of anilines is 3. The van der Waals surface area contributed by atoms with Gasteiger partial charge >= 0.3 is 6.03 Å². The van der Waals surface area contributed by atoms with Crippen molar-refractivity contribution in [2.45, 2.75) is 0 Å². The molecule has 0 fully saturated rings. The molecule has 0 aromatic heterocycles. The molecule has 3 aromatic carbocycles. The first-order chi connectivity index (χ1) is 17.7. The van der Waals surface area contributed by atoms with Crippen LogP contribution in [0.15, 0.2) is 84.9 Å². The maximum Gasteiger partial charge on any atom is 0.322 e. The molecule has 0 bridgehead atoms. The average Bonchev–Trinajstić information content (AvgIpc) is 2.91. The third-order valence-corrected chi connectivity index (χ3v) is 5.44. The molecule has 0 saturated heterocycles. The molecule has 0 saturated carbocycles. The summed E-state index contributed by atoms with van der Waals surface area (Å²) in [6, 6.07) is 23.8. The molecular weight excluding hydrogens is 474 g/mol. The summed E-state index contributed by atoms with van der Waals surface area (Å²) in [5.41, 5.74) is 7.03. The summed E-state index contributed by atoms with van der Waals surface area (Å²) in [7, 11) is 3.23. The van der Waals surface area contributed by atoms with E-state index in [-0.39, 0.29) is 19.1 Å². The quantitative estimate of drug-likeness (QED) is 0.440. The largest absolute Gasteiger partial charge is 0.484 e. The summed E-state index contributed by atoms with van der Waals surface area (Å²) in [5, 5.41) is 2.64. The second-order valence-electron chi connectivity index (χ2n) is 8.15. The number of urea groups is 1. The molecule has 0 aliphatic carbocycles. The van der Waals surface area contributed by atoms with Gasteiger partial charge in [0.1, 0.15) is 18.8 Å². The van der Waals surface area contributed by atoms with Crippen molar-refractivity contribution in [1.82, 2.24) is 4.90 Å². The lowest BCUT2D eigenvalue weighted by Gasteiger charge is -2.24. The second kappa shape index (κ2) is 12.7. The lowest BCUT2D eigenvalue weighted by atomic mass is 10.3. The summed E-state index contributed by atoms with van der Waals surface area (Å²) in [4.78, 5) is 53.6. The summed E-state index contributed by atoms with van der Waals surface area (Å²) in [6.07, 6.45) is 0. The molecule has 0 aliphatic rings. The van der Waals surface area contributed by atoms with E-state index in [2.05, 4.69) is 5.32 Å². The van der Waals surface area contributed by atoms with Gasteiger partial charge in [-0.2, -0.15) is 0 Å². The number of primary amides is 1. The van der Waals surface area contributed by atoms with Crippen LogP contribution < -0.4 is 25.6 Å². The molecule has 0 heterocycles. The smallest absolute Gasteiger partial charge is 0.322 e. The minimum atomic E-state index is -0.761. The molecule has 0 atom stereocenters. The highest BCUT2D eigenvalue weighted by atomic mass is 16.5. The Balaban J connectivity index is 1.62. The van der Waals surface area contributed by atoms with E-state index in [0.717, 1.165) is 10.6 Å². The summed E-state index contributed by atoms with van der Waals surface area (Å²) in [5.74, 6) is -1.06. The van der Waals surface area contributed by atoms with Gasteiger partial charge in [-0.1, -0.05) is 42.5 Å². The van der Waals surface area contributed by atoms with E-state index in [1.165, 1.54) is 15.9 Å². The maximum atomic E-state index is 12.9. The molecule has 0 unspecified atom stereocenters. The van der Waals surface area contributed by atoms with Crippen LogP contribution >= 0.6 is 0 Å². The van der Waals surface area contributed by atoms with Gasteiger partial charge in [0.25, 0.3) is 5.91 Å². The number of likely N-dealkylation sites (N-methyl/N-ethyl adjacent to an activating group) is 2. The SMILES string of the molecule is CN(C(=O)COc1cccc(NC(=O)N(CC(N)=O)CC(=O)N(C)c2ccccc2)c1)c1ccccc1. The van der Waals surface area contributed by atoms with Crippen LogP contribution in [0, 0.1) is 0 Å². The van der Waals surface area contributed by atoms with Crippen LogP contribution in [0.5, 0.6) is 5.75 Å². The average molecular weight is 504 g/mol. The number of para-hydroxylation sites is 2. The Labute approximate surface area is 215 Å². The fourth-order valence-electron chi connectivity index (χ4n) is 3.36. The van der Waals surface area contributed by atoms with Crippen molar-refractivity contribution in [3.05, 3.63) is 84.9 Å². The molecule has 37 heavy (non-hydrogen) atoms. The number of hydrogen-bond donors (Lipinski definition) is 2. The third kappa shape index (κ3) is 7.82. The van der Waals surface area contributed by atoms with Crippen LogP contribution in [0.4, 0.5) is 21.9 Å². The van der Waals surface area contributed by atoms with Gasteiger partial charge < -0.3 is 30.5 Å². The molecule has 5 amide bonds.